The Morgan fingerprint density at radius 1 is 0.783 bits per heavy atom. The molecule has 7 rings (SSSR count). The van der Waals surface area contributed by atoms with E-state index in [0.29, 0.717) is 22.5 Å². The molecular formula is C40H35FIrN2OSi-2. The fourth-order valence-corrected chi connectivity index (χ4v) is 6.97. The van der Waals surface area contributed by atoms with Crippen LogP contribution < -0.4 is 5.19 Å². The van der Waals surface area contributed by atoms with Crippen molar-refractivity contribution < 1.29 is 28.9 Å². The van der Waals surface area contributed by atoms with Crippen LogP contribution >= 0.6 is 0 Å². The van der Waals surface area contributed by atoms with Crippen molar-refractivity contribution in [2.24, 2.45) is 0 Å². The van der Waals surface area contributed by atoms with Gasteiger partial charge in [0.1, 0.15) is 11.4 Å². The van der Waals surface area contributed by atoms with Crippen LogP contribution in [0, 0.1) is 17.9 Å². The molecule has 0 N–H and O–H groups in total. The maximum atomic E-state index is 14.2. The summed E-state index contributed by atoms with van der Waals surface area (Å²) in [6.45, 7) is 11.4. The second-order valence-corrected chi connectivity index (χ2v) is 17.5. The van der Waals surface area contributed by atoms with Crippen LogP contribution in [-0.2, 0) is 20.1 Å². The molecule has 0 saturated carbocycles. The molecule has 7 aromatic rings. The Labute approximate surface area is 284 Å². The summed E-state index contributed by atoms with van der Waals surface area (Å²) in [4.78, 5) is 9.15. The van der Waals surface area contributed by atoms with Gasteiger partial charge in [-0.25, -0.2) is 4.39 Å². The molecule has 0 saturated heterocycles. The minimum absolute atomic E-state index is 0. The normalized spacial score (nSPS) is 11.3. The van der Waals surface area contributed by atoms with Crippen molar-refractivity contribution in [2.75, 3.05) is 0 Å². The number of fused-ring (bicyclic) bond motifs is 3. The number of benzene rings is 4. The van der Waals surface area contributed by atoms with E-state index in [9.17, 15) is 4.39 Å². The van der Waals surface area contributed by atoms with Gasteiger partial charge in [-0.2, -0.15) is 0 Å². The molecule has 0 aliphatic heterocycles. The minimum atomic E-state index is -1.46. The number of halogens is 1. The van der Waals surface area contributed by atoms with Crippen LogP contribution in [0.1, 0.15) is 25.3 Å². The smallest absolute Gasteiger partial charge is 0.133 e. The number of rotatable bonds is 5. The number of pyridine rings is 2. The van der Waals surface area contributed by atoms with E-state index in [1.54, 1.807) is 24.4 Å². The largest absolute Gasteiger partial charge is 0.500 e. The zero-order chi connectivity index (χ0) is 31.6. The predicted molar refractivity (Wildman–Crippen MR) is 187 cm³/mol. The van der Waals surface area contributed by atoms with E-state index in [4.69, 9.17) is 9.40 Å². The summed E-state index contributed by atoms with van der Waals surface area (Å²) in [5, 5.41) is 2.67. The summed E-state index contributed by atoms with van der Waals surface area (Å²) in [5.41, 5.74) is 8.52. The third-order valence-corrected chi connectivity index (χ3v) is 9.91. The van der Waals surface area contributed by atoms with Crippen molar-refractivity contribution in [3.63, 3.8) is 0 Å². The SMILES string of the molecule is CC(C)c1ccnc(-c2[c-]ccc3c2oc2cccc(F)c23)c1.C[Si](C)(C)c1cnc(-c2[c-]cccc2)cc1-c1ccccc1.[Ir]. The molecule has 0 amide bonds. The third kappa shape index (κ3) is 6.95. The average molecular weight is 799 g/mol. The van der Waals surface area contributed by atoms with Crippen molar-refractivity contribution in [3.8, 4) is 33.6 Å². The van der Waals surface area contributed by atoms with E-state index in [-0.39, 0.29) is 25.9 Å². The predicted octanol–water partition coefficient (Wildman–Crippen LogP) is 10.5. The molecule has 0 bridgehead atoms. The van der Waals surface area contributed by atoms with Gasteiger partial charge in [-0.05, 0) is 51.8 Å². The molecule has 1 radical (unpaired) electrons. The zero-order valence-electron chi connectivity index (χ0n) is 26.6. The first kappa shape index (κ1) is 33.1. The van der Waals surface area contributed by atoms with Crippen LogP contribution in [0.25, 0.3) is 55.6 Å². The summed E-state index contributed by atoms with van der Waals surface area (Å²) < 4.78 is 20.1. The van der Waals surface area contributed by atoms with Gasteiger partial charge in [0.15, 0.2) is 0 Å². The Balaban J connectivity index is 0.000000178. The maximum absolute atomic E-state index is 14.2. The minimum Gasteiger partial charge on any atom is -0.500 e. The molecule has 233 valence electrons. The standard InChI is InChI=1S/C20H15FNO.C20H20NSi.Ir/c1-12(2)13-9-10-22-17(11-13)14-5-3-6-15-19-16(21)7-4-8-18(19)23-20(14)15;1-22(2,3)20-15-21-19(17-12-8-5-9-13-17)14-18(20)16-10-6-4-7-11-16;/h3-4,6-12H,1-2H3;4-12,14-15H,1-3H3;/q2*-1;. The second-order valence-electron chi connectivity index (χ2n) is 12.4. The van der Waals surface area contributed by atoms with Gasteiger partial charge in [0.25, 0.3) is 0 Å². The molecule has 0 atom stereocenters. The number of nitrogens with zero attached hydrogens (tertiary/aromatic N) is 2. The molecule has 0 spiro atoms. The Kier molecular flexibility index (Phi) is 10.1. The van der Waals surface area contributed by atoms with Gasteiger partial charge in [-0.1, -0.05) is 98.5 Å². The molecule has 0 fully saturated rings. The van der Waals surface area contributed by atoms with Gasteiger partial charge in [-0.15, -0.1) is 54.1 Å². The molecule has 0 aliphatic carbocycles. The van der Waals surface area contributed by atoms with Crippen LogP contribution in [0.5, 0.6) is 0 Å². The molecule has 3 nitrogen and oxygen atoms in total. The number of furan rings is 1. The van der Waals surface area contributed by atoms with Crippen molar-refractivity contribution in [2.45, 2.75) is 39.4 Å². The second kappa shape index (κ2) is 14.0. The van der Waals surface area contributed by atoms with E-state index in [1.165, 1.54) is 27.9 Å². The fraction of sp³-hybridized carbons (Fsp3) is 0.150. The number of aromatic nitrogens is 2. The third-order valence-electron chi connectivity index (χ3n) is 7.89. The van der Waals surface area contributed by atoms with E-state index in [0.717, 1.165) is 27.9 Å². The molecule has 4 aromatic carbocycles. The van der Waals surface area contributed by atoms with Gasteiger partial charge in [0.05, 0.1) is 13.7 Å². The Hall–Kier alpha value is -4.22. The molecule has 3 heterocycles. The summed E-state index contributed by atoms with van der Waals surface area (Å²) >= 11 is 0. The van der Waals surface area contributed by atoms with Gasteiger partial charge in [-0.3, -0.25) is 0 Å². The molecule has 0 unspecified atom stereocenters. The van der Waals surface area contributed by atoms with Crippen molar-refractivity contribution in [1.29, 1.82) is 0 Å². The number of hydrogen-bond donors (Lipinski definition) is 0. The van der Waals surface area contributed by atoms with Crippen LogP contribution in [-0.4, -0.2) is 18.0 Å². The first-order chi connectivity index (χ1) is 21.7. The van der Waals surface area contributed by atoms with Crippen LogP contribution in [0.15, 0.2) is 120 Å². The number of hydrogen-bond acceptors (Lipinski definition) is 3. The van der Waals surface area contributed by atoms with E-state index < -0.39 is 8.07 Å². The molecule has 6 heteroatoms. The first-order valence-electron chi connectivity index (χ1n) is 15.2. The average Bonchev–Trinajstić information content (AvgIpc) is 3.45. The van der Waals surface area contributed by atoms with E-state index in [2.05, 4.69) is 99.3 Å². The topological polar surface area (TPSA) is 38.9 Å². The van der Waals surface area contributed by atoms with Crippen LogP contribution in [0.4, 0.5) is 4.39 Å². The van der Waals surface area contributed by atoms with Gasteiger partial charge in [0.2, 0.25) is 0 Å². The van der Waals surface area contributed by atoms with Gasteiger partial charge >= 0.3 is 0 Å². The van der Waals surface area contributed by atoms with E-state index >= 15 is 0 Å². The molecule has 0 aliphatic rings. The summed E-state index contributed by atoms with van der Waals surface area (Å²) in [7, 11) is -1.46. The monoisotopic (exact) mass is 799 g/mol. The van der Waals surface area contributed by atoms with E-state index in [1.807, 2.05) is 36.4 Å². The molecular weight excluding hydrogens is 764 g/mol. The van der Waals surface area contributed by atoms with Gasteiger partial charge < -0.3 is 14.4 Å². The van der Waals surface area contributed by atoms with Crippen molar-refractivity contribution in [3.05, 3.63) is 139 Å². The van der Waals surface area contributed by atoms with Crippen LogP contribution in [0.3, 0.4) is 0 Å². The quantitative estimate of drug-likeness (QED) is 0.129. The van der Waals surface area contributed by atoms with Crippen molar-refractivity contribution in [1.82, 2.24) is 9.97 Å². The maximum Gasteiger partial charge on any atom is 0.133 e. The van der Waals surface area contributed by atoms with Gasteiger partial charge in [0, 0.05) is 37.9 Å². The first-order valence-corrected chi connectivity index (χ1v) is 18.7. The molecule has 46 heavy (non-hydrogen) atoms. The summed E-state index contributed by atoms with van der Waals surface area (Å²) in [6, 6.07) is 39.9. The van der Waals surface area contributed by atoms with Crippen LogP contribution in [0.2, 0.25) is 19.6 Å². The van der Waals surface area contributed by atoms with Crippen molar-refractivity contribution >= 4 is 35.2 Å². The zero-order valence-corrected chi connectivity index (χ0v) is 30.0. The molecule has 3 aromatic heterocycles. The summed E-state index contributed by atoms with van der Waals surface area (Å²) in [6.07, 6.45) is 3.87. The summed E-state index contributed by atoms with van der Waals surface area (Å²) in [5.74, 6) is 0.131. The fourth-order valence-electron chi connectivity index (χ4n) is 5.49. The Bertz CT molecular complexity index is 2090. The Morgan fingerprint density at radius 2 is 1.57 bits per heavy atom. The Morgan fingerprint density at radius 3 is 2.28 bits per heavy atom.